The predicted octanol–water partition coefficient (Wildman–Crippen LogP) is 7.22. The lowest BCUT2D eigenvalue weighted by Crippen LogP contribution is -2.33. The van der Waals surface area contributed by atoms with Gasteiger partial charge in [-0.2, -0.15) is 0 Å². The summed E-state index contributed by atoms with van der Waals surface area (Å²) in [7, 11) is 1.35. The predicted molar refractivity (Wildman–Crippen MR) is 186 cm³/mol. The molecule has 0 aliphatic heterocycles. The van der Waals surface area contributed by atoms with E-state index in [9.17, 15) is 14.4 Å². The quantitative estimate of drug-likeness (QED) is 0.0693. The molecular weight excluding hydrogens is 609 g/mol. The summed E-state index contributed by atoms with van der Waals surface area (Å²) >= 11 is 1.59. The highest BCUT2D eigenvalue weighted by atomic mass is 32.1. The molecular formula is C39H38N2O5S. The molecule has 0 saturated heterocycles. The molecule has 0 bridgehead atoms. The number of hydrogen-bond acceptors (Lipinski definition) is 7. The summed E-state index contributed by atoms with van der Waals surface area (Å²) in [5.41, 5.74) is 3.61. The number of nitrogens with zero attached hydrogens (tertiary/aromatic N) is 1. The molecule has 5 rings (SSSR count). The third kappa shape index (κ3) is 9.64. The molecule has 47 heavy (non-hydrogen) atoms. The Balaban J connectivity index is 1.17. The monoisotopic (exact) mass is 646 g/mol. The highest BCUT2D eigenvalue weighted by Crippen LogP contribution is 2.22. The van der Waals surface area contributed by atoms with Gasteiger partial charge >= 0.3 is 5.97 Å². The zero-order valence-electron chi connectivity index (χ0n) is 26.3. The molecule has 1 aromatic heterocycles. The number of ether oxygens (including phenoxy) is 2. The van der Waals surface area contributed by atoms with Gasteiger partial charge in [0, 0.05) is 41.2 Å². The van der Waals surface area contributed by atoms with Crippen molar-refractivity contribution in [3.05, 3.63) is 154 Å². The zero-order valence-corrected chi connectivity index (χ0v) is 27.2. The summed E-state index contributed by atoms with van der Waals surface area (Å²) in [5.74, 6) is 0.242. The number of amides is 1. The summed E-state index contributed by atoms with van der Waals surface area (Å²) in [6.45, 7) is 1.59. The van der Waals surface area contributed by atoms with Crippen LogP contribution in [-0.4, -0.2) is 48.9 Å². The Kier molecular flexibility index (Phi) is 11.9. The van der Waals surface area contributed by atoms with Crippen LogP contribution in [-0.2, 0) is 33.7 Å². The van der Waals surface area contributed by atoms with Crippen LogP contribution in [0.3, 0.4) is 0 Å². The molecule has 8 heteroatoms. The molecule has 0 unspecified atom stereocenters. The number of benzene rings is 4. The van der Waals surface area contributed by atoms with Crippen molar-refractivity contribution < 1.29 is 23.9 Å². The maximum atomic E-state index is 13.2. The number of thiophene rings is 1. The van der Waals surface area contributed by atoms with Crippen LogP contribution < -0.4 is 10.1 Å². The van der Waals surface area contributed by atoms with E-state index < -0.39 is 12.0 Å². The highest BCUT2D eigenvalue weighted by molar-refractivity contribution is 7.10. The van der Waals surface area contributed by atoms with E-state index in [4.69, 9.17) is 9.47 Å². The highest BCUT2D eigenvalue weighted by Gasteiger charge is 2.23. The number of methoxy groups -OCH3 is 1. The van der Waals surface area contributed by atoms with Gasteiger partial charge in [0.05, 0.1) is 20.1 Å². The lowest BCUT2D eigenvalue weighted by atomic mass is 10.00. The minimum absolute atomic E-state index is 0.0986. The second kappa shape index (κ2) is 16.9. The van der Waals surface area contributed by atoms with Crippen molar-refractivity contribution in [3.63, 3.8) is 0 Å². The van der Waals surface area contributed by atoms with Gasteiger partial charge in [0.25, 0.3) is 0 Å². The first-order chi connectivity index (χ1) is 23.0. The maximum absolute atomic E-state index is 13.2. The summed E-state index contributed by atoms with van der Waals surface area (Å²) in [4.78, 5) is 42.1. The fourth-order valence-electron chi connectivity index (χ4n) is 5.25. The van der Waals surface area contributed by atoms with Gasteiger partial charge in [-0.15, -0.1) is 11.3 Å². The number of hydrogen-bond donors (Lipinski definition) is 1. The van der Waals surface area contributed by atoms with Crippen molar-refractivity contribution in [3.8, 4) is 5.75 Å². The van der Waals surface area contributed by atoms with E-state index in [0.29, 0.717) is 61.5 Å². The van der Waals surface area contributed by atoms with Crippen molar-refractivity contribution in [2.24, 2.45) is 0 Å². The van der Waals surface area contributed by atoms with Crippen molar-refractivity contribution in [1.29, 1.82) is 0 Å². The summed E-state index contributed by atoms with van der Waals surface area (Å²) in [6, 6.07) is 37.1. The van der Waals surface area contributed by atoms with Gasteiger partial charge in [-0.05, 0) is 53.3 Å². The van der Waals surface area contributed by atoms with Gasteiger partial charge in [-0.1, -0.05) is 91.0 Å². The second-order valence-corrected chi connectivity index (χ2v) is 12.1. The zero-order chi connectivity index (χ0) is 32.8. The van der Waals surface area contributed by atoms with E-state index in [1.54, 1.807) is 41.7 Å². The SMILES string of the molecule is COC(=O)[C@H](Cc1ccc(OCCCN(Cc2ccccc2)C(=O)Cc2cccs2)cc1)Nc1ccccc1C(=O)c1ccccc1. The van der Waals surface area contributed by atoms with Gasteiger partial charge in [0.1, 0.15) is 11.8 Å². The number of ketones is 1. The summed E-state index contributed by atoms with van der Waals surface area (Å²) < 4.78 is 11.1. The van der Waals surface area contributed by atoms with Crippen molar-refractivity contribution in [2.75, 3.05) is 25.6 Å². The molecule has 0 saturated carbocycles. The topological polar surface area (TPSA) is 84.9 Å². The third-order valence-electron chi connectivity index (χ3n) is 7.70. The van der Waals surface area contributed by atoms with Crippen LogP contribution in [0.2, 0.25) is 0 Å². The van der Waals surface area contributed by atoms with Crippen LogP contribution in [0.25, 0.3) is 0 Å². The molecule has 1 heterocycles. The van der Waals surface area contributed by atoms with Crippen LogP contribution >= 0.6 is 11.3 Å². The Morgan fingerprint density at radius 2 is 1.49 bits per heavy atom. The minimum Gasteiger partial charge on any atom is -0.494 e. The second-order valence-electron chi connectivity index (χ2n) is 11.1. The van der Waals surface area contributed by atoms with Crippen LogP contribution in [0.5, 0.6) is 5.75 Å². The van der Waals surface area contributed by atoms with E-state index in [1.165, 1.54) is 7.11 Å². The van der Waals surface area contributed by atoms with E-state index >= 15 is 0 Å². The Bertz CT molecular complexity index is 1720. The lowest BCUT2D eigenvalue weighted by Gasteiger charge is -2.23. The standard InChI is InChI=1S/C39H38N2O5S/c1-45-39(44)36(40-35-18-9-8-17-34(35)38(43)31-14-6-3-7-15-31)26-29-19-21-32(22-20-29)46-24-11-23-41(28-30-12-4-2-5-13-30)37(42)27-33-16-10-25-47-33/h2-10,12-22,25,36,40H,11,23-24,26-28H2,1H3/t36-/m0/s1. The molecule has 0 aliphatic rings. The van der Waals surface area contributed by atoms with Gasteiger partial charge in [-0.25, -0.2) is 4.79 Å². The largest absolute Gasteiger partial charge is 0.494 e. The summed E-state index contributed by atoms with van der Waals surface area (Å²) in [6.07, 6.45) is 1.42. The molecule has 4 aromatic carbocycles. The third-order valence-corrected chi connectivity index (χ3v) is 8.58. The van der Waals surface area contributed by atoms with E-state index in [1.807, 2.05) is 101 Å². The smallest absolute Gasteiger partial charge is 0.328 e. The Labute approximate surface area is 279 Å². The first-order valence-electron chi connectivity index (χ1n) is 15.6. The molecule has 0 radical (unpaired) electrons. The van der Waals surface area contributed by atoms with E-state index in [0.717, 1.165) is 16.0 Å². The van der Waals surface area contributed by atoms with Gasteiger partial charge in [-0.3, -0.25) is 9.59 Å². The fourth-order valence-corrected chi connectivity index (χ4v) is 5.94. The first-order valence-corrected chi connectivity index (χ1v) is 16.5. The van der Waals surface area contributed by atoms with Gasteiger partial charge < -0.3 is 19.7 Å². The molecule has 5 aromatic rings. The number of esters is 1. The van der Waals surface area contributed by atoms with Crippen LogP contribution in [0.15, 0.2) is 127 Å². The minimum atomic E-state index is -0.709. The Morgan fingerprint density at radius 3 is 2.19 bits per heavy atom. The van der Waals surface area contributed by atoms with Crippen LogP contribution in [0.1, 0.15) is 38.3 Å². The molecule has 240 valence electrons. The normalized spacial score (nSPS) is 11.3. The fraction of sp³-hybridized carbons (Fsp3) is 0.205. The number of carbonyl (C=O) groups excluding carboxylic acids is 3. The van der Waals surface area contributed by atoms with Crippen molar-refractivity contribution in [2.45, 2.75) is 31.8 Å². The molecule has 0 fully saturated rings. The van der Waals surface area contributed by atoms with Crippen molar-refractivity contribution in [1.82, 2.24) is 4.90 Å². The molecule has 1 N–H and O–H groups in total. The van der Waals surface area contributed by atoms with Crippen LogP contribution in [0, 0.1) is 0 Å². The average molecular weight is 647 g/mol. The Hall–Kier alpha value is -5.21. The lowest BCUT2D eigenvalue weighted by molar-refractivity contribution is -0.141. The average Bonchev–Trinajstić information content (AvgIpc) is 3.63. The number of nitrogens with one attached hydrogen (secondary N) is 1. The van der Waals surface area contributed by atoms with Crippen LogP contribution in [0.4, 0.5) is 5.69 Å². The molecule has 0 aliphatic carbocycles. The first kappa shape index (κ1) is 33.2. The number of carbonyl (C=O) groups is 3. The molecule has 1 atom stereocenters. The summed E-state index contributed by atoms with van der Waals surface area (Å²) in [5, 5.41) is 5.24. The van der Waals surface area contributed by atoms with Crippen molar-refractivity contribution >= 4 is 34.7 Å². The number of rotatable bonds is 16. The van der Waals surface area contributed by atoms with Gasteiger partial charge in [0.2, 0.25) is 5.91 Å². The molecule has 1 amide bonds. The van der Waals surface area contributed by atoms with Gasteiger partial charge in [0.15, 0.2) is 5.78 Å². The number of para-hydroxylation sites is 1. The Morgan fingerprint density at radius 1 is 0.787 bits per heavy atom. The van der Waals surface area contributed by atoms with E-state index in [-0.39, 0.29) is 11.7 Å². The molecule has 0 spiro atoms. The number of anilines is 1. The maximum Gasteiger partial charge on any atom is 0.328 e. The molecule has 7 nitrogen and oxygen atoms in total. The van der Waals surface area contributed by atoms with E-state index in [2.05, 4.69) is 5.32 Å².